The lowest BCUT2D eigenvalue weighted by Gasteiger charge is -1.95. The Morgan fingerprint density at radius 3 is 3.00 bits per heavy atom. The minimum atomic E-state index is -0.0673. The van der Waals surface area contributed by atoms with Crippen LogP contribution in [0.2, 0.25) is 0 Å². The fourth-order valence-electron chi connectivity index (χ4n) is 1.10. The largest absolute Gasteiger partial charge is 0.325 e. The number of halogens is 1. The van der Waals surface area contributed by atoms with Gasteiger partial charge in [-0.05, 0) is 32.9 Å². The van der Waals surface area contributed by atoms with Crippen molar-refractivity contribution in [3.63, 3.8) is 0 Å². The van der Waals surface area contributed by atoms with Crippen LogP contribution >= 0.6 is 27.3 Å². The first kappa shape index (κ1) is 8.77. The highest BCUT2D eigenvalue weighted by Crippen LogP contribution is 2.20. The summed E-state index contributed by atoms with van der Waals surface area (Å²) in [4.78, 5) is 13.7. The Kier molecular flexibility index (Phi) is 2.37. The van der Waals surface area contributed by atoms with E-state index in [1.165, 1.54) is 0 Å². The maximum Gasteiger partial charge on any atom is 0.325 e. The molecule has 0 saturated heterocycles. The Morgan fingerprint density at radius 2 is 2.46 bits per heavy atom. The molecule has 68 valence electrons. The molecule has 1 N–H and O–H groups in total. The summed E-state index contributed by atoms with van der Waals surface area (Å²) in [6.07, 6.45) is 3.39. The molecule has 0 aliphatic heterocycles. The van der Waals surface area contributed by atoms with Crippen molar-refractivity contribution in [1.82, 2.24) is 9.55 Å². The second-order valence-electron chi connectivity index (χ2n) is 2.65. The summed E-state index contributed by atoms with van der Waals surface area (Å²) in [5, 5.41) is 2.03. The Bertz CT molecular complexity index is 456. The van der Waals surface area contributed by atoms with Gasteiger partial charge in [0.05, 0.1) is 10.3 Å². The molecule has 2 aromatic heterocycles. The van der Waals surface area contributed by atoms with Gasteiger partial charge < -0.3 is 4.98 Å². The van der Waals surface area contributed by atoms with E-state index < -0.39 is 0 Å². The summed E-state index contributed by atoms with van der Waals surface area (Å²) in [6.45, 7) is 0.629. The fraction of sp³-hybridized carbons (Fsp3) is 0.125. The lowest BCUT2D eigenvalue weighted by Crippen LogP contribution is -2.16. The molecular formula is C8H7BrN2OS. The summed E-state index contributed by atoms with van der Waals surface area (Å²) in [5.74, 6) is 0. The molecule has 0 spiro atoms. The van der Waals surface area contributed by atoms with Crippen LogP contribution in [0.15, 0.2) is 32.4 Å². The van der Waals surface area contributed by atoms with Crippen LogP contribution in [0, 0.1) is 0 Å². The summed E-state index contributed by atoms with van der Waals surface area (Å²) >= 11 is 5.00. The van der Waals surface area contributed by atoms with Crippen molar-refractivity contribution in [2.75, 3.05) is 0 Å². The van der Waals surface area contributed by atoms with Gasteiger partial charge in [-0.1, -0.05) is 0 Å². The maximum atomic E-state index is 11.1. The molecule has 5 heteroatoms. The molecule has 0 aliphatic carbocycles. The Hall–Kier alpha value is -0.810. The predicted molar refractivity (Wildman–Crippen MR) is 56.2 cm³/mol. The highest BCUT2D eigenvalue weighted by atomic mass is 79.9. The summed E-state index contributed by atoms with van der Waals surface area (Å²) in [7, 11) is 0. The Morgan fingerprint density at radius 1 is 1.62 bits per heavy atom. The molecule has 0 atom stereocenters. The summed E-state index contributed by atoms with van der Waals surface area (Å²) in [6, 6.07) is 2.02. The number of aromatic nitrogens is 2. The van der Waals surface area contributed by atoms with Crippen LogP contribution in [0.3, 0.4) is 0 Å². The Labute approximate surface area is 87.2 Å². The highest BCUT2D eigenvalue weighted by Gasteiger charge is 2.00. The zero-order chi connectivity index (χ0) is 9.26. The predicted octanol–water partition coefficient (Wildman–Crippen LogP) is 2.05. The van der Waals surface area contributed by atoms with Gasteiger partial charge >= 0.3 is 5.69 Å². The molecule has 0 radical (unpaired) electrons. The number of nitrogens with zero attached hydrogens (tertiary/aromatic N) is 1. The molecule has 0 bridgehead atoms. The second kappa shape index (κ2) is 3.51. The van der Waals surface area contributed by atoms with E-state index in [9.17, 15) is 4.79 Å². The molecular weight excluding hydrogens is 252 g/mol. The molecule has 0 fully saturated rings. The monoisotopic (exact) mass is 258 g/mol. The van der Waals surface area contributed by atoms with Crippen molar-refractivity contribution >= 4 is 27.3 Å². The zero-order valence-electron chi connectivity index (χ0n) is 6.66. The maximum absolute atomic E-state index is 11.1. The van der Waals surface area contributed by atoms with Crippen LogP contribution in [0.5, 0.6) is 0 Å². The van der Waals surface area contributed by atoms with Crippen molar-refractivity contribution in [1.29, 1.82) is 0 Å². The number of hydrogen-bond acceptors (Lipinski definition) is 2. The lowest BCUT2D eigenvalue weighted by atomic mass is 10.3. The van der Waals surface area contributed by atoms with Crippen LogP contribution in [0.1, 0.15) is 5.56 Å². The van der Waals surface area contributed by atoms with Crippen LogP contribution in [-0.2, 0) is 6.54 Å². The lowest BCUT2D eigenvalue weighted by molar-refractivity contribution is 0.764. The first-order chi connectivity index (χ1) is 6.25. The van der Waals surface area contributed by atoms with Crippen molar-refractivity contribution in [3.8, 4) is 0 Å². The number of rotatable bonds is 2. The number of imidazole rings is 1. The number of aromatic amines is 1. The molecule has 2 heterocycles. The molecule has 0 aromatic carbocycles. The SMILES string of the molecule is O=c1[nH]ccn1Cc1csc(Br)c1. The van der Waals surface area contributed by atoms with Gasteiger partial charge in [-0.3, -0.25) is 4.57 Å². The number of thiophene rings is 1. The van der Waals surface area contributed by atoms with Gasteiger partial charge in [0, 0.05) is 12.4 Å². The van der Waals surface area contributed by atoms with Crippen LogP contribution in [0.4, 0.5) is 0 Å². The molecule has 0 unspecified atom stereocenters. The van der Waals surface area contributed by atoms with Crippen molar-refractivity contribution in [2.45, 2.75) is 6.54 Å². The minimum Gasteiger partial charge on any atom is -0.313 e. The standard InChI is InChI=1S/C8H7BrN2OS/c9-7-3-6(5-13-7)4-11-2-1-10-8(11)12/h1-3,5H,4H2,(H,10,12). The third kappa shape index (κ3) is 1.92. The third-order valence-corrected chi connectivity index (χ3v) is 3.25. The molecule has 0 aliphatic rings. The van der Waals surface area contributed by atoms with E-state index in [0.29, 0.717) is 6.54 Å². The van der Waals surface area contributed by atoms with Crippen molar-refractivity contribution < 1.29 is 0 Å². The van der Waals surface area contributed by atoms with Gasteiger partial charge in [-0.25, -0.2) is 4.79 Å². The smallest absolute Gasteiger partial charge is 0.313 e. The first-order valence-corrected chi connectivity index (χ1v) is 5.40. The van der Waals surface area contributed by atoms with E-state index in [1.54, 1.807) is 28.3 Å². The van der Waals surface area contributed by atoms with E-state index in [2.05, 4.69) is 20.9 Å². The normalized spacial score (nSPS) is 10.5. The van der Waals surface area contributed by atoms with Gasteiger partial charge in [0.1, 0.15) is 0 Å². The van der Waals surface area contributed by atoms with E-state index in [4.69, 9.17) is 0 Å². The van der Waals surface area contributed by atoms with Gasteiger partial charge in [-0.2, -0.15) is 0 Å². The van der Waals surface area contributed by atoms with Crippen LogP contribution in [0.25, 0.3) is 0 Å². The van der Waals surface area contributed by atoms with Crippen LogP contribution in [-0.4, -0.2) is 9.55 Å². The van der Waals surface area contributed by atoms with E-state index in [0.717, 1.165) is 9.35 Å². The summed E-state index contributed by atoms with van der Waals surface area (Å²) in [5.41, 5.74) is 1.07. The van der Waals surface area contributed by atoms with Gasteiger partial charge in [-0.15, -0.1) is 11.3 Å². The topological polar surface area (TPSA) is 37.8 Å². The second-order valence-corrected chi connectivity index (χ2v) is 4.94. The number of hydrogen-bond donors (Lipinski definition) is 1. The Balaban J connectivity index is 2.24. The first-order valence-electron chi connectivity index (χ1n) is 3.72. The molecule has 2 rings (SSSR count). The molecule has 3 nitrogen and oxygen atoms in total. The third-order valence-electron chi connectivity index (χ3n) is 1.70. The minimum absolute atomic E-state index is 0.0673. The van der Waals surface area contributed by atoms with Gasteiger partial charge in [0.25, 0.3) is 0 Å². The van der Waals surface area contributed by atoms with E-state index in [-0.39, 0.29) is 5.69 Å². The average Bonchev–Trinajstić information content (AvgIpc) is 2.64. The van der Waals surface area contributed by atoms with E-state index in [1.807, 2.05) is 11.4 Å². The van der Waals surface area contributed by atoms with Crippen molar-refractivity contribution in [2.24, 2.45) is 0 Å². The van der Waals surface area contributed by atoms with Crippen LogP contribution < -0.4 is 5.69 Å². The zero-order valence-corrected chi connectivity index (χ0v) is 9.06. The number of H-pyrrole nitrogens is 1. The molecule has 13 heavy (non-hydrogen) atoms. The quantitative estimate of drug-likeness (QED) is 0.880. The molecule has 0 saturated carbocycles. The van der Waals surface area contributed by atoms with Gasteiger partial charge in [0.2, 0.25) is 0 Å². The fourth-order valence-corrected chi connectivity index (χ4v) is 2.30. The van der Waals surface area contributed by atoms with E-state index >= 15 is 0 Å². The number of nitrogens with one attached hydrogen (secondary N) is 1. The molecule has 2 aromatic rings. The average molecular weight is 259 g/mol. The summed E-state index contributed by atoms with van der Waals surface area (Å²) < 4.78 is 2.72. The molecule has 0 amide bonds. The highest BCUT2D eigenvalue weighted by molar-refractivity contribution is 9.11. The van der Waals surface area contributed by atoms with Crippen molar-refractivity contribution in [3.05, 3.63) is 43.7 Å². The van der Waals surface area contributed by atoms with Gasteiger partial charge in [0.15, 0.2) is 0 Å².